The highest BCUT2D eigenvalue weighted by Gasteiger charge is 2.07. The first kappa shape index (κ1) is 13.5. The van der Waals surface area contributed by atoms with E-state index in [1.807, 2.05) is 45.5 Å². The summed E-state index contributed by atoms with van der Waals surface area (Å²) in [5.41, 5.74) is 3.03. The molecule has 1 aromatic rings. The van der Waals surface area contributed by atoms with Gasteiger partial charge in [0.1, 0.15) is 0 Å². The molecule has 1 atom stereocenters. The van der Waals surface area contributed by atoms with Crippen LogP contribution in [0.4, 0.5) is 0 Å². The first-order valence-electron chi connectivity index (χ1n) is 5.94. The Balaban J connectivity index is 2.74. The number of nitrogens with one attached hydrogen (secondary N) is 1. The molecule has 1 amide bonds. The van der Waals surface area contributed by atoms with Crippen molar-refractivity contribution in [3.05, 3.63) is 23.0 Å². The highest BCUT2D eigenvalue weighted by molar-refractivity contribution is 5.92. The Morgan fingerprint density at radius 1 is 1.53 bits per heavy atom. The van der Waals surface area contributed by atoms with Crippen molar-refractivity contribution in [1.82, 2.24) is 15.1 Å². The minimum absolute atomic E-state index is 0.0537. The topological polar surface area (TPSA) is 46.9 Å². The van der Waals surface area contributed by atoms with Crippen LogP contribution in [0.25, 0.3) is 6.08 Å². The minimum atomic E-state index is -0.0537. The van der Waals surface area contributed by atoms with E-state index in [1.54, 1.807) is 6.08 Å². The van der Waals surface area contributed by atoms with Crippen LogP contribution in [0.15, 0.2) is 6.08 Å². The Bertz CT molecular complexity index is 432. The Labute approximate surface area is 103 Å². The Hall–Kier alpha value is -1.58. The van der Waals surface area contributed by atoms with E-state index in [2.05, 4.69) is 10.4 Å². The second-order valence-electron chi connectivity index (χ2n) is 4.36. The van der Waals surface area contributed by atoms with E-state index in [-0.39, 0.29) is 11.9 Å². The molecule has 4 nitrogen and oxygen atoms in total. The summed E-state index contributed by atoms with van der Waals surface area (Å²) in [6.07, 6.45) is 4.34. The maximum atomic E-state index is 11.6. The summed E-state index contributed by atoms with van der Waals surface area (Å²) in [5.74, 6) is -0.0537. The molecule has 4 heteroatoms. The SMILES string of the molecule is CC[C@H](C)NC(=O)/C=C\c1c(C)nn(C)c1C. The van der Waals surface area contributed by atoms with Crippen LogP contribution < -0.4 is 5.32 Å². The predicted molar refractivity (Wildman–Crippen MR) is 69.6 cm³/mol. The van der Waals surface area contributed by atoms with Crippen molar-refractivity contribution in [3.63, 3.8) is 0 Å². The Morgan fingerprint density at radius 3 is 2.65 bits per heavy atom. The van der Waals surface area contributed by atoms with E-state index in [0.717, 1.165) is 23.4 Å². The number of carbonyl (C=O) groups excluding carboxylic acids is 1. The second kappa shape index (κ2) is 5.66. The number of nitrogens with zero attached hydrogens (tertiary/aromatic N) is 2. The fourth-order valence-corrected chi connectivity index (χ4v) is 1.58. The molecule has 0 aliphatic heterocycles. The van der Waals surface area contributed by atoms with Gasteiger partial charge in [-0.25, -0.2) is 0 Å². The molecule has 0 aromatic carbocycles. The summed E-state index contributed by atoms with van der Waals surface area (Å²) in [4.78, 5) is 11.6. The van der Waals surface area contributed by atoms with E-state index >= 15 is 0 Å². The predicted octanol–water partition coefficient (Wildman–Crippen LogP) is 1.96. The third kappa shape index (κ3) is 3.44. The quantitative estimate of drug-likeness (QED) is 0.811. The van der Waals surface area contributed by atoms with E-state index in [0.29, 0.717) is 0 Å². The van der Waals surface area contributed by atoms with Crippen molar-refractivity contribution in [2.24, 2.45) is 7.05 Å². The van der Waals surface area contributed by atoms with E-state index in [9.17, 15) is 4.79 Å². The number of carbonyl (C=O) groups is 1. The fraction of sp³-hybridized carbons (Fsp3) is 0.538. The largest absolute Gasteiger partial charge is 0.350 e. The van der Waals surface area contributed by atoms with Crippen molar-refractivity contribution >= 4 is 12.0 Å². The van der Waals surface area contributed by atoms with Gasteiger partial charge < -0.3 is 5.32 Å². The van der Waals surface area contributed by atoms with E-state index in [4.69, 9.17) is 0 Å². The number of amides is 1. The lowest BCUT2D eigenvalue weighted by Crippen LogP contribution is -2.30. The average Bonchev–Trinajstić information content (AvgIpc) is 2.51. The smallest absolute Gasteiger partial charge is 0.244 e. The molecule has 1 heterocycles. The molecule has 1 rings (SSSR count). The van der Waals surface area contributed by atoms with Gasteiger partial charge in [-0.15, -0.1) is 0 Å². The standard InChI is InChI=1S/C13H21N3O/c1-6-9(2)14-13(17)8-7-12-10(3)15-16(5)11(12)4/h7-9H,6H2,1-5H3,(H,14,17)/b8-7-/t9-/m0/s1. The van der Waals surface area contributed by atoms with Crippen molar-refractivity contribution in [3.8, 4) is 0 Å². The summed E-state index contributed by atoms with van der Waals surface area (Å²) in [7, 11) is 1.90. The third-order valence-corrected chi connectivity index (χ3v) is 2.97. The fourth-order valence-electron chi connectivity index (χ4n) is 1.58. The maximum absolute atomic E-state index is 11.6. The second-order valence-corrected chi connectivity index (χ2v) is 4.36. The van der Waals surface area contributed by atoms with Crippen molar-refractivity contribution in [2.75, 3.05) is 0 Å². The number of aromatic nitrogens is 2. The number of rotatable bonds is 4. The van der Waals surface area contributed by atoms with Crippen LogP contribution >= 0.6 is 0 Å². The Morgan fingerprint density at radius 2 is 2.18 bits per heavy atom. The summed E-state index contributed by atoms with van der Waals surface area (Å²) in [6.45, 7) is 7.97. The van der Waals surface area contributed by atoms with Gasteiger partial charge in [0.15, 0.2) is 0 Å². The zero-order chi connectivity index (χ0) is 13.0. The normalized spacial score (nSPS) is 13.0. The van der Waals surface area contributed by atoms with Gasteiger partial charge in [0.25, 0.3) is 0 Å². The maximum Gasteiger partial charge on any atom is 0.244 e. The molecule has 0 fully saturated rings. The summed E-state index contributed by atoms with van der Waals surface area (Å²) >= 11 is 0. The van der Waals surface area contributed by atoms with Gasteiger partial charge in [0, 0.05) is 30.4 Å². The van der Waals surface area contributed by atoms with Crippen LogP contribution in [0, 0.1) is 13.8 Å². The van der Waals surface area contributed by atoms with E-state index in [1.165, 1.54) is 0 Å². The number of hydrogen-bond acceptors (Lipinski definition) is 2. The first-order chi connectivity index (χ1) is 7.95. The van der Waals surface area contributed by atoms with Gasteiger partial charge in [-0.1, -0.05) is 6.92 Å². The van der Waals surface area contributed by atoms with Crippen LogP contribution in [0.2, 0.25) is 0 Å². The minimum Gasteiger partial charge on any atom is -0.350 e. The Kier molecular flexibility index (Phi) is 4.49. The zero-order valence-corrected chi connectivity index (χ0v) is 11.2. The molecule has 0 saturated carbocycles. The lowest BCUT2D eigenvalue weighted by molar-refractivity contribution is -0.117. The van der Waals surface area contributed by atoms with Gasteiger partial charge in [0.05, 0.1) is 5.69 Å². The van der Waals surface area contributed by atoms with Crippen LogP contribution in [-0.4, -0.2) is 21.7 Å². The molecule has 0 spiro atoms. The highest BCUT2D eigenvalue weighted by atomic mass is 16.1. The molecule has 0 saturated heterocycles. The van der Waals surface area contributed by atoms with Gasteiger partial charge in [-0.05, 0) is 33.3 Å². The third-order valence-electron chi connectivity index (χ3n) is 2.97. The molecule has 94 valence electrons. The van der Waals surface area contributed by atoms with Crippen LogP contribution in [-0.2, 0) is 11.8 Å². The van der Waals surface area contributed by atoms with Gasteiger partial charge >= 0.3 is 0 Å². The van der Waals surface area contributed by atoms with Crippen molar-refractivity contribution in [2.45, 2.75) is 40.2 Å². The lowest BCUT2D eigenvalue weighted by atomic mass is 10.2. The molecule has 0 bridgehead atoms. The molecule has 1 N–H and O–H groups in total. The number of aryl methyl sites for hydroxylation is 2. The van der Waals surface area contributed by atoms with Crippen molar-refractivity contribution in [1.29, 1.82) is 0 Å². The first-order valence-corrected chi connectivity index (χ1v) is 5.94. The van der Waals surface area contributed by atoms with Gasteiger partial charge in [0.2, 0.25) is 5.91 Å². The molecule has 0 aliphatic carbocycles. The average molecular weight is 235 g/mol. The highest BCUT2D eigenvalue weighted by Crippen LogP contribution is 2.13. The van der Waals surface area contributed by atoms with Crippen molar-refractivity contribution < 1.29 is 4.79 Å². The molecule has 0 aliphatic rings. The molecule has 17 heavy (non-hydrogen) atoms. The van der Waals surface area contributed by atoms with E-state index < -0.39 is 0 Å². The molecule has 0 radical (unpaired) electrons. The zero-order valence-electron chi connectivity index (χ0n) is 11.2. The molecule has 0 unspecified atom stereocenters. The van der Waals surface area contributed by atoms with Gasteiger partial charge in [-0.2, -0.15) is 5.10 Å². The van der Waals surface area contributed by atoms with Gasteiger partial charge in [-0.3, -0.25) is 9.48 Å². The lowest BCUT2D eigenvalue weighted by Gasteiger charge is -2.08. The molecule has 1 aromatic heterocycles. The van der Waals surface area contributed by atoms with Crippen LogP contribution in [0.1, 0.15) is 37.2 Å². The molecular weight excluding hydrogens is 214 g/mol. The summed E-state index contributed by atoms with van der Waals surface area (Å²) < 4.78 is 1.82. The van der Waals surface area contributed by atoms with Crippen LogP contribution in [0.5, 0.6) is 0 Å². The van der Waals surface area contributed by atoms with Crippen LogP contribution in [0.3, 0.4) is 0 Å². The summed E-state index contributed by atoms with van der Waals surface area (Å²) in [5, 5.41) is 7.19. The molecular formula is C13H21N3O. The number of hydrogen-bond donors (Lipinski definition) is 1. The summed E-state index contributed by atoms with van der Waals surface area (Å²) in [6, 6.07) is 0.211. The monoisotopic (exact) mass is 235 g/mol.